The van der Waals surface area contributed by atoms with E-state index in [9.17, 15) is 14.4 Å². The van der Waals surface area contributed by atoms with Crippen LogP contribution in [0, 0.1) is 0 Å². The number of nitrogens with one attached hydrogen (secondary N) is 2. The molecule has 0 atom stereocenters. The molecule has 1 aliphatic rings. The van der Waals surface area contributed by atoms with E-state index in [2.05, 4.69) is 10.6 Å². The van der Waals surface area contributed by atoms with Gasteiger partial charge in [0.25, 0.3) is 5.91 Å². The predicted octanol–water partition coefficient (Wildman–Crippen LogP) is 5.30. The van der Waals surface area contributed by atoms with E-state index in [1.54, 1.807) is 28.0 Å². The molecule has 0 radical (unpaired) electrons. The van der Waals surface area contributed by atoms with Gasteiger partial charge in [-0.15, -0.1) is 11.3 Å². The molecule has 1 saturated heterocycles. The van der Waals surface area contributed by atoms with Crippen molar-refractivity contribution >= 4 is 63.1 Å². The van der Waals surface area contributed by atoms with Crippen LogP contribution in [0.1, 0.15) is 42.9 Å². The van der Waals surface area contributed by atoms with Crippen molar-refractivity contribution in [1.29, 1.82) is 0 Å². The van der Waals surface area contributed by atoms with Crippen LogP contribution >= 0.6 is 34.5 Å². The van der Waals surface area contributed by atoms with Crippen LogP contribution in [0.3, 0.4) is 0 Å². The van der Waals surface area contributed by atoms with E-state index < -0.39 is 6.03 Å². The average molecular weight is 497 g/mol. The Balaban J connectivity index is 1.81. The van der Waals surface area contributed by atoms with Gasteiger partial charge < -0.3 is 15.1 Å². The number of nitrogens with zero attached hydrogens (tertiary/aromatic N) is 2. The fourth-order valence-corrected chi connectivity index (χ4v) is 4.71. The van der Waals surface area contributed by atoms with Crippen molar-refractivity contribution in [2.24, 2.45) is 0 Å². The van der Waals surface area contributed by atoms with Gasteiger partial charge in [-0.25, -0.2) is 4.79 Å². The van der Waals surface area contributed by atoms with Crippen LogP contribution in [0.5, 0.6) is 0 Å². The zero-order valence-electron chi connectivity index (χ0n) is 18.4. The normalized spacial score (nSPS) is 14.3. The van der Waals surface area contributed by atoms with E-state index in [1.807, 2.05) is 26.8 Å². The first-order valence-corrected chi connectivity index (χ1v) is 11.8. The first kappa shape index (κ1) is 24.4. The minimum Gasteiger partial charge on any atom is -0.339 e. The lowest BCUT2D eigenvalue weighted by molar-refractivity contribution is -0.130. The Morgan fingerprint density at radius 3 is 2.22 bits per heavy atom. The average Bonchev–Trinajstić information content (AvgIpc) is 3.15. The van der Waals surface area contributed by atoms with E-state index in [0.29, 0.717) is 47.5 Å². The van der Waals surface area contributed by atoms with E-state index in [-0.39, 0.29) is 22.3 Å². The lowest BCUT2D eigenvalue weighted by atomic mass is 9.94. The Morgan fingerprint density at radius 1 is 1.00 bits per heavy atom. The summed E-state index contributed by atoms with van der Waals surface area (Å²) in [4.78, 5) is 42.0. The van der Waals surface area contributed by atoms with Crippen LogP contribution in [0.25, 0.3) is 0 Å². The van der Waals surface area contributed by atoms with Crippen LogP contribution in [-0.4, -0.2) is 53.8 Å². The SMILES string of the molecule is CC(=O)N1CCN(C(=O)c2cc(C(C)(C)C)sc2NC(=O)Nc2cccc(Cl)c2Cl)CC1. The fourth-order valence-electron chi connectivity index (χ4n) is 3.26. The molecule has 32 heavy (non-hydrogen) atoms. The third-order valence-corrected chi connectivity index (χ3v) is 7.44. The van der Waals surface area contributed by atoms with Gasteiger partial charge in [0, 0.05) is 38.0 Å². The standard InChI is InChI=1S/C22H26Cl2N4O3S/c1-13(29)27-8-10-28(11-9-27)20(30)14-12-17(22(2,3)4)32-19(14)26-21(31)25-16-7-5-6-15(23)18(16)24/h5-7,12H,8-11H2,1-4H3,(H2,25,26,31). The van der Waals surface area contributed by atoms with Gasteiger partial charge in [0.2, 0.25) is 5.91 Å². The summed E-state index contributed by atoms with van der Waals surface area (Å²) in [5.41, 5.74) is 0.612. The van der Waals surface area contributed by atoms with Crippen molar-refractivity contribution in [3.63, 3.8) is 0 Å². The van der Waals surface area contributed by atoms with E-state index >= 15 is 0 Å². The fraction of sp³-hybridized carbons (Fsp3) is 0.409. The molecule has 2 heterocycles. The Kier molecular flexibility index (Phi) is 7.37. The van der Waals surface area contributed by atoms with Crippen LogP contribution in [0.4, 0.5) is 15.5 Å². The Labute approximate surface area is 201 Å². The van der Waals surface area contributed by atoms with Gasteiger partial charge in [-0.2, -0.15) is 0 Å². The molecule has 4 amide bonds. The second-order valence-corrected chi connectivity index (χ2v) is 10.4. The number of hydrogen-bond donors (Lipinski definition) is 2. The maximum Gasteiger partial charge on any atom is 0.324 e. The first-order chi connectivity index (χ1) is 15.0. The van der Waals surface area contributed by atoms with Gasteiger partial charge in [0.05, 0.1) is 21.3 Å². The number of urea groups is 1. The summed E-state index contributed by atoms with van der Waals surface area (Å²) in [6, 6.07) is 6.27. The molecule has 0 spiro atoms. The Bertz CT molecular complexity index is 1040. The van der Waals surface area contributed by atoms with Crippen molar-refractivity contribution < 1.29 is 14.4 Å². The van der Waals surface area contributed by atoms with Gasteiger partial charge in [0.15, 0.2) is 0 Å². The molecular weight excluding hydrogens is 471 g/mol. The van der Waals surface area contributed by atoms with E-state index in [0.717, 1.165) is 4.88 Å². The Hall–Kier alpha value is -2.29. The number of amides is 4. The zero-order valence-corrected chi connectivity index (χ0v) is 20.7. The van der Waals surface area contributed by atoms with Crippen LogP contribution in [0.2, 0.25) is 10.0 Å². The maximum absolute atomic E-state index is 13.3. The maximum atomic E-state index is 13.3. The van der Waals surface area contributed by atoms with Crippen molar-refractivity contribution in [2.75, 3.05) is 36.8 Å². The molecule has 0 saturated carbocycles. The van der Waals surface area contributed by atoms with E-state index in [1.165, 1.54) is 18.3 Å². The molecular formula is C22H26Cl2N4O3S. The highest BCUT2D eigenvalue weighted by Crippen LogP contribution is 2.37. The van der Waals surface area contributed by atoms with E-state index in [4.69, 9.17) is 23.2 Å². The molecule has 1 aromatic heterocycles. The summed E-state index contributed by atoms with van der Waals surface area (Å²) in [6.07, 6.45) is 0. The van der Waals surface area contributed by atoms with Gasteiger partial charge in [-0.3, -0.25) is 14.9 Å². The summed E-state index contributed by atoms with van der Waals surface area (Å²) in [6.45, 7) is 9.56. The third kappa shape index (κ3) is 5.54. The van der Waals surface area contributed by atoms with Crippen molar-refractivity contribution in [3.05, 3.63) is 44.8 Å². The Morgan fingerprint density at radius 2 is 1.62 bits per heavy atom. The monoisotopic (exact) mass is 496 g/mol. The van der Waals surface area contributed by atoms with Crippen LogP contribution < -0.4 is 10.6 Å². The second kappa shape index (κ2) is 9.68. The van der Waals surface area contributed by atoms with Gasteiger partial charge in [-0.1, -0.05) is 50.0 Å². The van der Waals surface area contributed by atoms with Crippen LogP contribution in [0.15, 0.2) is 24.3 Å². The molecule has 7 nitrogen and oxygen atoms in total. The predicted molar refractivity (Wildman–Crippen MR) is 130 cm³/mol. The van der Waals surface area contributed by atoms with Gasteiger partial charge in [-0.05, 0) is 23.6 Å². The van der Waals surface area contributed by atoms with Gasteiger partial charge >= 0.3 is 6.03 Å². The molecule has 0 aliphatic carbocycles. The zero-order chi connectivity index (χ0) is 23.6. The van der Waals surface area contributed by atoms with Crippen molar-refractivity contribution in [2.45, 2.75) is 33.1 Å². The molecule has 3 rings (SSSR count). The highest BCUT2D eigenvalue weighted by atomic mass is 35.5. The quantitative estimate of drug-likeness (QED) is 0.604. The highest BCUT2D eigenvalue weighted by molar-refractivity contribution is 7.16. The number of carbonyl (C=O) groups excluding carboxylic acids is 3. The number of thiophene rings is 1. The lowest BCUT2D eigenvalue weighted by Crippen LogP contribution is -2.50. The summed E-state index contributed by atoms with van der Waals surface area (Å²) in [5.74, 6) is -0.169. The number of halogens is 2. The number of rotatable bonds is 3. The molecule has 1 aromatic carbocycles. The third-order valence-electron chi connectivity index (χ3n) is 5.14. The highest BCUT2D eigenvalue weighted by Gasteiger charge is 2.29. The second-order valence-electron chi connectivity index (χ2n) is 8.58. The molecule has 2 N–H and O–H groups in total. The van der Waals surface area contributed by atoms with Crippen LogP contribution in [-0.2, 0) is 10.2 Å². The molecule has 0 bridgehead atoms. The largest absolute Gasteiger partial charge is 0.339 e. The molecule has 172 valence electrons. The number of hydrogen-bond acceptors (Lipinski definition) is 4. The molecule has 10 heteroatoms. The summed E-state index contributed by atoms with van der Waals surface area (Å²) < 4.78 is 0. The molecule has 0 unspecified atom stereocenters. The summed E-state index contributed by atoms with van der Waals surface area (Å²) in [7, 11) is 0. The number of carbonyl (C=O) groups is 3. The minimum atomic E-state index is -0.521. The van der Waals surface area contributed by atoms with Crippen molar-refractivity contribution in [1.82, 2.24) is 9.80 Å². The number of anilines is 2. The molecule has 1 aliphatic heterocycles. The summed E-state index contributed by atoms with van der Waals surface area (Å²) >= 11 is 13.5. The van der Waals surface area contributed by atoms with Gasteiger partial charge in [0.1, 0.15) is 5.00 Å². The molecule has 2 aromatic rings. The number of piperazine rings is 1. The summed E-state index contributed by atoms with van der Waals surface area (Å²) in [5, 5.41) is 6.52. The molecule has 1 fully saturated rings. The topological polar surface area (TPSA) is 81.8 Å². The van der Waals surface area contributed by atoms with Crippen molar-refractivity contribution in [3.8, 4) is 0 Å². The smallest absolute Gasteiger partial charge is 0.324 e. The number of benzene rings is 1. The first-order valence-electron chi connectivity index (χ1n) is 10.2. The lowest BCUT2D eigenvalue weighted by Gasteiger charge is -2.34. The minimum absolute atomic E-state index is 0.00125.